The largest absolute Gasteiger partial charge is 0.368 e. The van der Waals surface area contributed by atoms with Crippen LogP contribution in [0.25, 0.3) is 0 Å². The molecule has 1 saturated heterocycles. The van der Waals surface area contributed by atoms with Gasteiger partial charge >= 0.3 is 0 Å². The van der Waals surface area contributed by atoms with Crippen molar-refractivity contribution in [1.82, 2.24) is 4.90 Å². The quantitative estimate of drug-likeness (QED) is 0.366. The summed E-state index contributed by atoms with van der Waals surface area (Å²) in [6.07, 6.45) is -0.858. The van der Waals surface area contributed by atoms with Crippen molar-refractivity contribution in [1.29, 1.82) is 0 Å². The number of benzene rings is 3. The highest BCUT2D eigenvalue weighted by Gasteiger charge is 2.48. The highest BCUT2D eigenvalue weighted by molar-refractivity contribution is 6.30. The van der Waals surface area contributed by atoms with E-state index in [2.05, 4.69) is 0 Å². The Bertz CT molecular complexity index is 1270. The highest BCUT2D eigenvalue weighted by Crippen LogP contribution is 2.44. The van der Waals surface area contributed by atoms with E-state index in [0.717, 1.165) is 0 Å². The van der Waals surface area contributed by atoms with Crippen LogP contribution in [-0.2, 0) is 20.7 Å². The third kappa shape index (κ3) is 5.95. The summed E-state index contributed by atoms with van der Waals surface area (Å²) in [5.41, 5.74) is 7.55. The number of carbonyl (C=O) groups is 2. The van der Waals surface area contributed by atoms with E-state index in [9.17, 15) is 18.4 Å². The van der Waals surface area contributed by atoms with E-state index < -0.39 is 47.7 Å². The van der Waals surface area contributed by atoms with Crippen LogP contribution in [0.1, 0.15) is 48.6 Å². The van der Waals surface area contributed by atoms with Crippen molar-refractivity contribution in [3.8, 4) is 0 Å². The van der Waals surface area contributed by atoms with Crippen molar-refractivity contribution >= 4 is 35.0 Å². The molecule has 5 nitrogen and oxygen atoms in total. The van der Waals surface area contributed by atoms with Crippen molar-refractivity contribution in [3.63, 3.8) is 0 Å². The van der Waals surface area contributed by atoms with E-state index in [4.69, 9.17) is 33.7 Å². The molecule has 1 aliphatic rings. The van der Waals surface area contributed by atoms with Gasteiger partial charge in [0.1, 0.15) is 29.9 Å². The van der Waals surface area contributed by atoms with E-state index in [1.54, 1.807) is 42.5 Å². The van der Waals surface area contributed by atoms with E-state index in [1.807, 2.05) is 6.92 Å². The number of nitrogens with zero attached hydrogens (tertiary/aromatic N) is 1. The fourth-order valence-electron chi connectivity index (χ4n) is 4.71. The molecule has 0 radical (unpaired) electrons. The van der Waals surface area contributed by atoms with E-state index in [1.165, 1.54) is 29.2 Å². The maximum absolute atomic E-state index is 14.6. The smallest absolute Gasteiger partial charge is 0.253 e. The van der Waals surface area contributed by atoms with Gasteiger partial charge in [0.2, 0.25) is 5.91 Å². The molecule has 3 aromatic rings. The second kappa shape index (κ2) is 11.6. The van der Waals surface area contributed by atoms with Crippen LogP contribution in [0.3, 0.4) is 0 Å². The predicted octanol–water partition coefficient (Wildman–Crippen LogP) is 6.18. The van der Waals surface area contributed by atoms with Gasteiger partial charge in [0.05, 0.1) is 11.1 Å². The Morgan fingerprint density at radius 2 is 1.68 bits per heavy atom. The molecule has 1 heterocycles. The van der Waals surface area contributed by atoms with Crippen molar-refractivity contribution in [2.45, 2.75) is 50.5 Å². The Labute approximate surface area is 224 Å². The van der Waals surface area contributed by atoms with Crippen LogP contribution in [0.15, 0.2) is 66.7 Å². The molecule has 4 rings (SSSR count). The minimum Gasteiger partial charge on any atom is -0.368 e. The normalized spacial score (nSPS) is 20.6. The van der Waals surface area contributed by atoms with Crippen molar-refractivity contribution in [3.05, 3.63) is 105 Å². The van der Waals surface area contributed by atoms with Crippen molar-refractivity contribution in [2.75, 3.05) is 0 Å². The summed E-state index contributed by atoms with van der Waals surface area (Å²) in [7, 11) is 0. The van der Waals surface area contributed by atoms with E-state index >= 15 is 0 Å². The van der Waals surface area contributed by atoms with Gasteiger partial charge in [-0.15, -0.1) is 0 Å². The number of carbonyl (C=O) groups excluding carboxylic acids is 2. The monoisotopic (exact) mass is 546 g/mol. The Morgan fingerprint density at radius 1 is 1.03 bits per heavy atom. The lowest BCUT2D eigenvalue weighted by molar-refractivity contribution is -0.181. The molecule has 4 atom stereocenters. The molecular weight excluding hydrogens is 521 g/mol. The van der Waals surface area contributed by atoms with Gasteiger partial charge in [0, 0.05) is 11.4 Å². The molecule has 37 heavy (non-hydrogen) atoms. The maximum Gasteiger partial charge on any atom is 0.253 e. The molecule has 0 unspecified atom stereocenters. The first-order valence-electron chi connectivity index (χ1n) is 11.9. The number of amides is 2. The number of morpholine rings is 1. The summed E-state index contributed by atoms with van der Waals surface area (Å²) in [6, 6.07) is 15.1. The molecule has 0 saturated carbocycles. The first kappa shape index (κ1) is 27.0. The SMILES string of the molecule is CCC[C@@H](C(N)=O)N1C(=O)[C@@H](Cc2ccc(F)cc2)O[C@H](c2ccc(Cl)c(F)c2)[C@@H]1c1ccc(Cl)cc1. The number of rotatable bonds is 8. The highest BCUT2D eigenvalue weighted by atomic mass is 35.5. The lowest BCUT2D eigenvalue weighted by atomic mass is 9.88. The average molecular weight is 547 g/mol. The second-order valence-corrected chi connectivity index (χ2v) is 9.84. The van der Waals surface area contributed by atoms with Gasteiger partial charge in [-0.1, -0.05) is 66.9 Å². The van der Waals surface area contributed by atoms with E-state index in [0.29, 0.717) is 34.6 Å². The van der Waals surface area contributed by atoms with Crippen molar-refractivity contribution < 1.29 is 23.1 Å². The molecule has 3 aromatic carbocycles. The van der Waals surface area contributed by atoms with Crippen LogP contribution in [0.2, 0.25) is 10.0 Å². The van der Waals surface area contributed by atoms with Gasteiger partial charge in [-0.25, -0.2) is 8.78 Å². The molecule has 2 amide bonds. The molecular formula is C28H26Cl2F2N2O3. The first-order valence-corrected chi connectivity index (χ1v) is 12.7. The minimum atomic E-state index is -1.03. The van der Waals surface area contributed by atoms with Gasteiger partial charge in [-0.3, -0.25) is 9.59 Å². The van der Waals surface area contributed by atoms with Gasteiger partial charge in [-0.2, -0.15) is 0 Å². The Balaban J connectivity index is 1.87. The van der Waals surface area contributed by atoms with E-state index in [-0.39, 0.29) is 11.4 Å². The lowest BCUT2D eigenvalue weighted by Crippen LogP contribution is -2.58. The minimum absolute atomic E-state index is 0.0561. The second-order valence-electron chi connectivity index (χ2n) is 9.00. The van der Waals surface area contributed by atoms with Gasteiger partial charge in [-0.05, 0) is 59.5 Å². The summed E-state index contributed by atoms with van der Waals surface area (Å²) in [6.45, 7) is 1.89. The van der Waals surface area contributed by atoms with Crippen LogP contribution in [0.4, 0.5) is 8.78 Å². The number of hydrogen-bond acceptors (Lipinski definition) is 3. The van der Waals surface area contributed by atoms with Gasteiger partial charge in [0.15, 0.2) is 0 Å². The molecule has 0 spiro atoms. The average Bonchev–Trinajstić information content (AvgIpc) is 2.87. The summed E-state index contributed by atoms with van der Waals surface area (Å²) < 4.78 is 34.4. The number of hydrogen-bond donors (Lipinski definition) is 1. The summed E-state index contributed by atoms with van der Waals surface area (Å²) in [4.78, 5) is 28.1. The predicted molar refractivity (Wildman–Crippen MR) is 138 cm³/mol. The topological polar surface area (TPSA) is 72.6 Å². The fourth-order valence-corrected chi connectivity index (χ4v) is 4.96. The Morgan fingerprint density at radius 3 is 2.27 bits per heavy atom. The summed E-state index contributed by atoms with van der Waals surface area (Å²) in [5.74, 6) is -2.14. The Kier molecular flexibility index (Phi) is 8.47. The van der Waals surface area contributed by atoms with Gasteiger partial charge in [0.25, 0.3) is 5.91 Å². The Hall–Kier alpha value is -3.00. The summed E-state index contributed by atoms with van der Waals surface area (Å²) in [5, 5.41) is 0.432. The molecule has 2 N–H and O–H groups in total. The zero-order chi connectivity index (χ0) is 26.7. The van der Waals surface area contributed by atoms with Crippen LogP contribution in [0.5, 0.6) is 0 Å². The van der Waals surface area contributed by atoms with Crippen molar-refractivity contribution in [2.24, 2.45) is 5.73 Å². The molecule has 0 bridgehead atoms. The maximum atomic E-state index is 14.6. The molecule has 194 valence electrons. The fraction of sp³-hybridized carbons (Fsp3) is 0.286. The molecule has 1 aliphatic heterocycles. The van der Waals surface area contributed by atoms with Crippen LogP contribution in [-0.4, -0.2) is 28.9 Å². The number of halogens is 4. The third-order valence-corrected chi connectivity index (χ3v) is 7.03. The number of primary amides is 1. The molecule has 0 aliphatic carbocycles. The first-order chi connectivity index (χ1) is 17.7. The van der Waals surface area contributed by atoms with Crippen LogP contribution >= 0.6 is 23.2 Å². The molecule has 1 fully saturated rings. The van der Waals surface area contributed by atoms with Gasteiger partial charge < -0.3 is 15.4 Å². The third-order valence-electron chi connectivity index (χ3n) is 6.47. The summed E-state index contributed by atoms with van der Waals surface area (Å²) >= 11 is 12.1. The standard InChI is InChI=1S/C28H26Cl2F2N2O3/c1-2-3-23(27(33)35)34-25(17-6-9-19(29)10-7-17)26(18-8-13-21(30)22(32)15-18)37-24(28(34)36)14-16-4-11-20(31)12-5-16/h4-13,15,23-26H,2-3,14H2,1H3,(H2,33,35)/t23-,24+,25-,26+/m0/s1. The van der Waals surface area contributed by atoms with Crippen LogP contribution < -0.4 is 5.73 Å². The zero-order valence-corrected chi connectivity index (χ0v) is 21.6. The number of ether oxygens (including phenoxy) is 1. The molecule has 9 heteroatoms. The molecule has 0 aromatic heterocycles. The number of nitrogens with two attached hydrogens (primary N) is 1. The zero-order valence-electron chi connectivity index (χ0n) is 20.0. The van der Waals surface area contributed by atoms with Crippen LogP contribution in [0, 0.1) is 11.6 Å². The lowest BCUT2D eigenvalue weighted by Gasteiger charge is -2.47.